The molecule has 1 rings (SSSR count). The number of ether oxygens (including phenoxy) is 1. The molecule has 13 heavy (non-hydrogen) atoms. The standard InChI is InChI=1S/C10H8FO2/c1-7(10(12)13-2)8-4-3-5-9(11)6-8/h1,3-6H,2H3. The van der Waals surface area contributed by atoms with Gasteiger partial charge in [-0.2, -0.15) is 0 Å². The van der Waals surface area contributed by atoms with E-state index in [0.29, 0.717) is 5.56 Å². The molecule has 1 aromatic carbocycles. The molecule has 0 aliphatic carbocycles. The van der Waals surface area contributed by atoms with Crippen molar-refractivity contribution in [3.63, 3.8) is 0 Å². The van der Waals surface area contributed by atoms with E-state index in [1.165, 1.54) is 31.4 Å². The van der Waals surface area contributed by atoms with Gasteiger partial charge < -0.3 is 4.74 Å². The highest BCUT2D eigenvalue weighted by molar-refractivity contribution is 6.14. The highest BCUT2D eigenvalue weighted by Crippen LogP contribution is 2.14. The summed E-state index contributed by atoms with van der Waals surface area (Å²) in [5, 5.41) is 0. The fraction of sp³-hybridized carbons (Fsp3) is 0.100. The largest absolute Gasteiger partial charge is 0.465 e. The molecule has 0 atom stereocenters. The van der Waals surface area contributed by atoms with Gasteiger partial charge in [-0.15, -0.1) is 0 Å². The van der Waals surface area contributed by atoms with Gasteiger partial charge in [-0.25, -0.2) is 9.18 Å². The molecule has 0 spiro atoms. The van der Waals surface area contributed by atoms with Crippen molar-refractivity contribution in [1.82, 2.24) is 0 Å². The second-order valence-electron chi connectivity index (χ2n) is 2.42. The van der Waals surface area contributed by atoms with E-state index in [0.717, 1.165) is 0 Å². The van der Waals surface area contributed by atoms with Crippen LogP contribution in [0.1, 0.15) is 5.56 Å². The summed E-state index contributed by atoms with van der Waals surface area (Å²) in [7, 11) is 1.22. The van der Waals surface area contributed by atoms with E-state index in [1.807, 2.05) is 0 Å². The fourth-order valence-corrected chi connectivity index (χ4v) is 0.884. The van der Waals surface area contributed by atoms with Gasteiger partial charge in [0.25, 0.3) is 0 Å². The molecular weight excluding hydrogens is 171 g/mol. The first-order valence-corrected chi connectivity index (χ1v) is 3.62. The van der Waals surface area contributed by atoms with E-state index in [-0.39, 0.29) is 5.57 Å². The van der Waals surface area contributed by atoms with Crippen LogP contribution < -0.4 is 0 Å². The van der Waals surface area contributed by atoms with Gasteiger partial charge in [-0.1, -0.05) is 12.1 Å². The fourth-order valence-electron chi connectivity index (χ4n) is 0.884. The van der Waals surface area contributed by atoms with Crippen molar-refractivity contribution in [3.05, 3.63) is 42.2 Å². The number of carbonyl (C=O) groups is 1. The monoisotopic (exact) mass is 179 g/mol. The Morgan fingerprint density at radius 3 is 2.77 bits per heavy atom. The van der Waals surface area contributed by atoms with Crippen LogP contribution in [0.15, 0.2) is 24.3 Å². The number of benzene rings is 1. The lowest BCUT2D eigenvalue weighted by Gasteiger charge is -2.02. The van der Waals surface area contributed by atoms with Crippen LogP contribution >= 0.6 is 0 Å². The highest BCUT2D eigenvalue weighted by Gasteiger charge is 2.09. The Kier molecular flexibility index (Phi) is 2.80. The SMILES string of the molecule is [CH]=C(C(=O)OC)c1cccc(F)c1. The average Bonchev–Trinajstić information content (AvgIpc) is 2.15. The van der Waals surface area contributed by atoms with Gasteiger partial charge in [0.1, 0.15) is 5.82 Å². The number of rotatable bonds is 2. The van der Waals surface area contributed by atoms with Gasteiger partial charge in [0.2, 0.25) is 0 Å². The number of esters is 1. The van der Waals surface area contributed by atoms with Gasteiger partial charge in [0, 0.05) is 0 Å². The van der Waals surface area contributed by atoms with Crippen LogP contribution in [0.5, 0.6) is 0 Å². The van der Waals surface area contributed by atoms with Crippen molar-refractivity contribution in [2.24, 2.45) is 0 Å². The van der Waals surface area contributed by atoms with Gasteiger partial charge in [-0.3, -0.25) is 0 Å². The first-order valence-electron chi connectivity index (χ1n) is 3.62. The summed E-state index contributed by atoms with van der Waals surface area (Å²) >= 11 is 0. The van der Waals surface area contributed by atoms with Crippen molar-refractivity contribution in [3.8, 4) is 0 Å². The van der Waals surface area contributed by atoms with Crippen molar-refractivity contribution in [2.45, 2.75) is 0 Å². The van der Waals surface area contributed by atoms with E-state index in [1.54, 1.807) is 0 Å². The molecule has 0 saturated carbocycles. The van der Waals surface area contributed by atoms with Crippen LogP contribution in [-0.4, -0.2) is 13.1 Å². The van der Waals surface area contributed by atoms with Crippen LogP contribution in [0.25, 0.3) is 5.57 Å². The summed E-state index contributed by atoms with van der Waals surface area (Å²) in [4.78, 5) is 10.9. The van der Waals surface area contributed by atoms with Crippen LogP contribution in [0.2, 0.25) is 0 Å². The van der Waals surface area contributed by atoms with Crippen molar-refractivity contribution < 1.29 is 13.9 Å². The zero-order valence-corrected chi connectivity index (χ0v) is 7.08. The summed E-state index contributed by atoms with van der Waals surface area (Å²) in [5.41, 5.74) is 0.230. The predicted octanol–water partition coefficient (Wildman–Crippen LogP) is 1.82. The summed E-state index contributed by atoms with van der Waals surface area (Å²) in [5.74, 6) is -1.10. The van der Waals surface area contributed by atoms with Crippen LogP contribution in [0.4, 0.5) is 4.39 Å². The van der Waals surface area contributed by atoms with E-state index >= 15 is 0 Å². The minimum atomic E-state index is -0.661. The van der Waals surface area contributed by atoms with E-state index in [2.05, 4.69) is 4.74 Å². The minimum absolute atomic E-state index is 0.0954. The quantitative estimate of drug-likeness (QED) is 0.511. The van der Waals surface area contributed by atoms with Crippen molar-refractivity contribution in [1.29, 1.82) is 0 Å². The normalized spacial score (nSPS) is 9.38. The number of methoxy groups -OCH3 is 1. The first-order chi connectivity index (χ1) is 6.15. The lowest BCUT2D eigenvalue weighted by molar-refractivity contribution is -0.133. The topological polar surface area (TPSA) is 26.3 Å². The van der Waals surface area contributed by atoms with Crippen LogP contribution in [0.3, 0.4) is 0 Å². The Balaban J connectivity index is 2.95. The lowest BCUT2D eigenvalue weighted by atomic mass is 10.1. The summed E-state index contributed by atoms with van der Waals surface area (Å²) < 4.78 is 17.1. The predicted molar refractivity (Wildman–Crippen MR) is 46.1 cm³/mol. The molecule has 1 radical (unpaired) electrons. The van der Waals surface area contributed by atoms with Crippen molar-refractivity contribution in [2.75, 3.05) is 7.11 Å². The maximum atomic E-state index is 12.7. The number of carbonyl (C=O) groups excluding carboxylic acids is 1. The molecule has 0 bridgehead atoms. The number of hydrogen-bond acceptors (Lipinski definition) is 2. The molecule has 0 fully saturated rings. The number of hydrogen-bond donors (Lipinski definition) is 0. The molecule has 67 valence electrons. The third kappa shape index (κ3) is 2.15. The van der Waals surface area contributed by atoms with Gasteiger partial charge in [0.05, 0.1) is 12.7 Å². The average molecular weight is 179 g/mol. The maximum absolute atomic E-state index is 12.7. The maximum Gasteiger partial charge on any atom is 0.338 e. The second-order valence-corrected chi connectivity index (χ2v) is 2.42. The van der Waals surface area contributed by atoms with Gasteiger partial charge in [0.15, 0.2) is 0 Å². The molecule has 0 heterocycles. The Bertz CT molecular complexity index is 345. The van der Waals surface area contributed by atoms with Crippen LogP contribution in [-0.2, 0) is 9.53 Å². The van der Waals surface area contributed by atoms with Gasteiger partial charge >= 0.3 is 5.97 Å². The Labute approximate surface area is 75.6 Å². The molecule has 0 aliphatic rings. The van der Waals surface area contributed by atoms with Crippen LogP contribution in [0, 0.1) is 12.4 Å². The molecule has 0 saturated heterocycles. The minimum Gasteiger partial charge on any atom is -0.465 e. The number of halogens is 1. The zero-order valence-electron chi connectivity index (χ0n) is 7.08. The van der Waals surface area contributed by atoms with E-state index < -0.39 is 11.8 Å². The zero-order chi connectivity index (χ0) is 9.84. The third-order valence-corrected chi connectivity index (χ3v) is 1.54. The first kappa shape index (κ1) is 9.45. The molecule has 0 amide bonds. The van der Waals surface area contributed by atoms with Gasteiger partial charge in [-0.05, 0) is 24.3 Å². The van der Waals surface area contributed by atoms with E-state index in [9.17, 15) is 9.18 Å². The molecule has 2 nitrogen and oxygen atoms in total. The summed E-state index contributed by atoms with van der Waals surface area (Å²) in [6.45, 7) is 5.39. The lowest BCUT2D eigenvalue weighted by Crippen LogP contribution is -2.02. The molecule has 0 aromatic heterocycles. The third-order valence-electron chi connectivity index (χ3n) is 1.54. The van der Waals surface area contributed by atoms with E-state index in [4.69, 9.17) is 6.58 Å². The Morgan fingerprint density at radius 1 is 1.54 bits per heavy atom. The molecular formula is C10H8FO2. The second kappa shape index (κ2) is 3.85. The molecule has 0 N–H and O–H groups in total. The molecule has 1 aromatic rings. The summed E-state index contributed by atoms with van der Waals surface area (Å²) in [6.07, 6.45) is 0. The van der Waals surface area contributed by atoms with Crippen molar-refractivity contribution >= 4 is 11.5 Å². The Hall–Kier alpha value is -1.64. The Morgan fingerprint density at radius 2 is 2.23 bits per heavy atom. The molecule has 3 heteroatoms. The highest BCUT2D eigenvalue weighted by atomic mass is 19.1. The molecule has 0 aliphatic heterocycles. The smallest absolute Gasteiger partial charge is 0.338 e. The molecule has 0 unspecified atom stereocenters. The summed E-state index contributed by atoms with van der Waals surface area (Å²) in [6, 6.07) is 5.45.